The van der Waals surface area contributed by atoms with E-state index in [-0.39, 0.29) is 16.8 Å². The number of thioether (sulfide) groups is 1. The molecule has 2 aliphatic rings. The van der Waals surface area contributed by atoms with Crippen molar-refractivity contribution in [2.45, 2.75) is 39.5 Å². The van der Waals surface area contributed by atoms with E-state index < -0.39 is 5.91 Å². The van der Waals surface area contributed by atoms with Crippen molar-refractivity contribution in [1.82, 2.24) is 5.01 Å². The molecule has 2 aromatic carbocycles. The zero-order chi connectivity index (χ0) is 26.7. The minimum absolute atomic E-state index is 0.00551. The van der Waals surface area contributed by atoms with Crippen LogP contribution in [0, 0.1) is 5.41 Å². The fourth-order valence-corrected chi connectivity index (χ4v) is 5.06. The summed E-state index contributed by atoms with van der Waals surface area (Å²) in [5, 5.41) is 15.5. The molecule has 1 N–H and O–H groups in total. The summed E-state index contributed by atoms with van der Waals surface area (Å²) >= 11 is 4.86. The molecular formula is C27H29BrN4O4S. The third-order valence-corrected chi connectivity index (χ3v) is 7.32. The van der Waals surface area contributed by atoms with Gasteiger partial charge in [0.25, 0.3) is 5.91 Å². The van der Waals surface area contributed by atoms with Crippen LogP contribution >= 0.6 is 27.7 Å². The fourth-order valence-electron chi connectivity index (χ4n) is 3.66. The normalized spacial score (nSPS) is 16.5. The first-order valence-electron chi connectivity index (χ1n) is 11.8. The summed E-state index contributed by atoms with van der Waals surface area (Å²) in [5.41, 5.74) is 2.14. The van der Waals surface area contributed by atoms with Crippen LogP contribution in [0.1, 0.15) is 45.2 Å². The zero-order valence-corrected chi connectivity index (χ0v) is 23.8. The Morgan fingerprint density at radius 3 is 2.49 bits per heavy atom. The second-order valence-electron chi connectivity index (χ2n) is 9.37. The van der Waals surface area contributed by atoms with Crippen molar-refractivity contribution in [2.75, 3.05) is 20.3 Å². The zero-order valence-electron chi connectivity index (χ0n) is 21.4. The number of methoxy groups -OCH3 is 1. The summed E-state index contributed by atoms with van der Waals surface area (Å²) in [7, 11) is 1.55. The summed E-state index contributed by atoms with van der Waals surface area (Å²) < 4.78 is 18.0. The van der Waals surface area contributed by atoms with Gasteiger partial charge < -0.3 is 14.2 Å². The van der Waals surface area contributed by atoms with Crippen molar-refractivity contribution in [3.63, 3.8) is 0 Å². The van der Waals surface area contributed by atoms with E-state index in [1.165, 1.54) is 22.3 Å². The number of rotatable bonds is 8. The van der Waals surface area contributed by atoms with Gasteiger partial charge in [-0.25, -0.2) is 0 Å². The standard InChI is InChI=1S/C27H29BrN4O4S/c1-6-22-31-32-24(29)19(25(33)30-26(32)37-22)13-16-14-20(28)23(21(15-16)34-5)36-12-11-35-18-9-7-17(8-10-18)27(2,3)4/h7-10,13-15,29H,6,11-12H2,1-5H3. The highest BCUT2D eigenvalue weighted by molar-refractivity contribution is 9.10. The van der Waals surface area contributed by atoms with E-state index in [2.05, 4.69) is 58.9 Å². The maximum atomic E-state index is 12.6. The number of carbonyl (C=O) groups is 1. The monoisotopic (exact) mass is 584 g/mol. The van der Waals surface area contributed by atoms with E-state index in [9.17, 15) is 4.79 Å². The van der Waals surface area contributed by atoms with Gasteiger partial charge in [0.1, 0.15) is 24.0 Å². The molecule has 0 saturated heterocycles. The van der Waals surface area contributed by atoms with Crippen molar-refractivity contribution in [3.8, 4) is 17.2 Å². The molecule has 0 aliphatic carbocycles. The summed E-state index contributed by atoms with van der Waals surface area (Å²) in [4.78, 5) is 16.7. The SMILES string of the molecule is CCC1=NN2C(=N)C(=Cc3cc(Br)c(OCCOc4ccc(C(C)(C)C)cc4)c(OC)c3)C(=O)N=C2S1. The van der Waals surface area contributed by atoms with Crippen LogP contribution in [0.5, 0.6) is 17.2 Å². The molecule has 0 fully saturated rings. The van der Waals surface area contributed by atoms with Gasteiger partial charge >= 0.3 is 0 Å². The molecule has 194 valence electrons. The quantitative estimate of drug-likeness (QED) is 0.291. The number of halogens is 1. The second kappa shape index (κ2) is 11.1. The first kappa shape index (κ1) is 26.9. The highest BCUT2D eigenvalue weighted by atomic mass is 79.9. The van der Waals surface area contributed by atoms with Gasteiger partial charge in [-0.3, -0.25) is 10.2 Å². The van der Waals surface area contributed by atoms with Crippen molar-refractivity contribution < 1.29 is 19.0 Å². The van der Waals surface area contributed by atoms with Crippen LogP contribution in [0.3, 0.4) is 0 Å². The molecule has 0 atom stereocenters. The minimum atomic E-state index is -0.473. The molecule has 0 unspecified atom stereocenters. The predicted octanol–water partition coefficient (Wildman–Crippen LogP) is 6.24. The Morgan fingerprint density at radius 2 is 1.84 bits per heavy atom. The average molecular weight is 586 g/mol. The molecular weight excluding hydrogens is 556 g/mol. The predicted molar refractivity (Wildman–Crippen MR) is 152 cm³/mol. The number of benzene rings is 2. The lowest BCUT2D eigenvalue weighted by molar-refractivity contribution is -0.114. The van der Waals surface area contributed by atoms with Gasteiger partial charge in [-0.05, 0) is 81.0 Å². The van der Waals surface area contributed by atoms with Gasteiger partial charge in [-0.1, -0.05) is 39.8 Å². The van der Waals surface area contributed by atoms with E-state index in [1.54, 1.807) is 25.3 Å². The topological polar surface area (TPSA) is 96.6 Å². The lowest BCUT2D eigenvalue weighted by atomic mass is 9.87. The van der Waals surface area contributed by atoms with Gasteiger partial charge in [-0.15, -0.1) is 0 Å². The molecule has 4 rings (SSSR count). The number of amides is 1. The molecule has 10 heteroatoms. The smallest absolute Gasteiger partial charge is 0.283 e. The molecule has 37 heavy (non-hydrogen) atoms. The highest BCUT2D eigenvalue weighted by Gasteiger charge is 2.35. The maximum Gasteiger partial charge on any atom is 0.283 e. The Hall–Kier alpha value is -3.11. The molecule has 0 bridgehead atoms. The van der Waals surface area contributed by atoms with Crippen LogP contribution < -0.4 is 14.2 Å². The minimum Gasteiger partial charge on any atom is -0.493 e. The maximum absolute atomic E-state index is 12.6. The van der Waals surface area contributed by atoms with E-state index in [0.29, 0.717) is 46.3 Å². The Kier molecular flexibility index (Phi) is 8.08. The molecule has 8 nitrogen and oxygen atoms in total. The Balaban J connectivity index is 1.44. The fraction of sp³-hybridized carbons (Fsp3) is 0.333. The Bertz CT molecular complexity index is 1310. The number of hydrogen-bond donors (Lipinski definition) is 1. The van der Waals surface area contributed by atoms with Crippen LogP contribution in [0.15, 0.2) is 56.5 Å². The van der Waals surface area contributed by atoms with Crippen LogP contribution in [-0.2, 0) is 10.2 Å². The Labute approximate surface area is 229 Å². The van der Waals surface area contributed by atoms with Gasteiger partial charge in [0, 0.05) is 0 Å². The molecule has 1 amide bonds. The van der Waals surface area contributed by atoms with E-state index in [4.69, 9.17) is 19.6 Å². The number of fused-ring (bicyclic) bond motifs is 1. The van der Waals surface area contributed by atoms with Crippen LogP contribution in [0.25, 0.3) is 6.08 Å². The van der Waals surface area contributed by atoms with Crippen LogP contribution in [0.2, 0.25) is 0 Å². The van der Waals surface area contributed by atoms with Crippen LogP contribution in [-0.4, -0.2) is 47.3 Å². The lowest BCUT2D eigenvalue weighted by Gasteiger charge is -2.20. The lowest BCUT2D eigenvalue weighted by Crippen LogP contribution is -2.35. The molecule has 2 aromatic rings. The molecule has 2 aliphatic heterocycles. The third kappa shape index (κ3) is 6.07. The van der Waals surface area contributed by atoms with Gasteiger partial charge in [0.05, 0.1) is 17.2 Å². The molecule has 0 radical (unpaired) electrons. The van der Waals surface area contributed by atoms with Gasteiger partial charge in [0.2, 0.25) is 5.17 Å². The molecule has 2 heterocycles. The summed E-state index contributed by atoms with van der Waals surface area (Å²) in [6, 6.07) is 11.6. The number of hydrazone groups is 1. The molecule has 0 spiro atoms. The first-order valence-corrected chi connectivity index (χ1v) is 13.4. The second-order valence-corrected chi connectivity index (χ2v) is 11.3. The van der Waals surface area contributed by atoms with E-state index in [1.807, 2.05) is 19.1 Å². The number of hydrogen-bond acceptors (Lipinski definition) is 7. The van der Waals surface area contributed by atoms with Crippen molar-refractivity contribution in [3.05, 3.63) is 57.6 Å². The van der Waals surface area contributed by atoms with Crippen LogP contribution in [0.4, 0.5) is 0 Å². The molecule has 0 saturated carbocycles. The number of nitrogens with zero attached hydrogens (tertiary/aromatic N) is 3. The van der Waals surface area contributed by atoms with Crippen molar-refractivity contribution >= 4 is 55.7 Å². The van der Waals surface area contributed by atoms with Gasteiger partial charge in [0.15, 0.2) is 17.3 Å². The number of carbonyl (C=O) groups excluding carboxylic acids is 1. The largest absolute Gasteiger partial charge is 0.493 e. The number of nitrogens with one attached hydrogen (secondary N) is 1. The highest BCUT2D eigenvalue weighted by Crippen LogP contribution is 2.38. The summed E-state index contributed by atoms with van der Waals surface area (Å²) in [5.74, 6) is 1.31. The number of amidine groups is 2. The van der Waals surface area contributed by atoms with Crippen molar-refractivity contribution in [2.24, 2.45) is 10.1 Å². The summed E-state index contributed by atoms with van der Waals surface area (Å²) in [6.07, 6.45) is 2.32. The molecule has 0 aromatic heterocycles. The Morgan fingerprint density at radius 1 is 1.14 bits per heavy atom. The van der Waals surface area contributed by atoms with Gasteiger partial charge in [-0.2, -0.15) is 15.1 Å². The third-order valence-electron chi connectivity index (χ3n) is 5.68. The van der Waals surface area contributed by atoms with Crippen molar-refractivity contribution in [1.29, 1.82) is 5.41 Å². The van der Waals surface area contributed by atoms with E-state index in [0.717, 1.165) is 10.8 Å². The summed E-state index contributed by atoms with van der Waals surface area (Å²) in [6.45, 7) is 9.16. The van der Waals surface area contributed by atoms with E-state index >= 15 is 0 Å². The average Bonchev–Trinajstić information content (AvgIpc) is 3.28. The number of ether oxygens (including phenoxy) is 3. The number of aliphatic imine (C=N–C) groups is 1. The first-order chi connectivity index (χ1) is 17.6.